The molecular weight excluding hydrogens is 544 g/mol. The molecular formula is C32H48O10. The van der Waals surface area contributed by atoms with E-state index in [0.717, 1.165) is 50.5 Å². The Kier molecular flexibility index (Phi) is 7.43. The summed E-state index contributed by atoms with van der Waals surface area (Å²) in [4.78, 5) is 24.2. The highest BCUT2D eigenvalue weighted by molar-refractivity contribution is 5.85. The summed E-state index contributed by atoms with van der Waals surface area (Å²) in [6.45, 7) is 10.0. The minimum atomic E-state index is -1.32. The van der Waals surface area contributed by atoms with E-state index in [4.69, 9.17) is 18.9 Å². The molecule has 0 aromatic carbocycles. The maximum absolute atomic E-state index is 12.8. The van der Waals surface area contributed by atoms with E-state index in [1.165, 1.54) is 13.0 Å². The zero-order valence-electron chi connectivity index (χ0n) is 25.5. The molecule has 0 radical (unpaired) electrons. The maximum atomic E-state index is 12.8. The van der Waals surface area contributed by atoms with E-state index < -0.39 is 47.8 Å². The number of carbonyl (C=O) groups excluding carboxylic acids is 2. The van der Waals surface area contributed by atoms with Gasteiger partial charge in [-0.3, -0.25) is 4.79 Å². The molecule has 4 aliphatic carbocycles. The van der Waals surface area contributed by atoms with Gasteiger partial charge in [0.05, 0.1) is 17.8 Å². The van der Waals surface area contributed by atoms with Crippen LogP contribution in [0.4, 0.5) is 0 Å². The first-order valence-electron chi connectivity index (χ1n) is 15.8. The number of hydrogen-bond acceptors (Lipinski definition) is 10. The molecule has 0 bridgehead atoms. The summed E-state index contributed by atoms with van der Waals surface area (Å²) in [7, 11) is 0. The third-order valence-electron chi connectivity index (χ3n) is 13.1. The van der Waals surface area contributed by atoms with Crippen LogP contribution in [0.15, 0.2) is 11.6 Å². The summed E-state index contributed by atoms with van der Waals surface area (Å²) >= 11 is 0. The number of carbonyl (C=O) groups is 2. The number of cyclic esters (lactones) is 1. The lowest BCUT2D eigenvalue weighted by molar-refractivity contribution is -0.313. The largest absolute Gasteiger partial charge is 0.462 e. The Morgan fingerprint density at radius 3 is 2.36 bits per heavy atom. The minimum absolute atomic E-state index is 0.00914. The summed E-state index contributed by atoms with van der Waals surface area (Å²) in [6.07, 6.45) is 1.57. The second kappa shape index (κ2) is 10.2. The van der Waals surface area contributed by atoms with E-state index in [1.54, 1.807) is 6.92 Å². The summed E-state index contributed by atoms with van der Waals surface area (Å²) in [6, 6.07) is 0. The fraction of sp³-hybridized carbons (Fsp3) is 0.875. The lowest BCUT2D eigenvalue weighted by atomic mass is 9.37. The topological polar surface area (TPSA) is 152 Å². The molecule has 14 unspecified atom stereocenters. The molecule has 0 aromatic heterocycles. The normalized spacial score (nSPS) is 53.8. The number of fused-ring (bicyclic) bond motifs is 5. The number of esters is 2. The molecule has 1 saturated heterocycles. The van der Waals surface area contributed by atoms with E-state index in [0.29, 0.717) is 12.3 Å². The first-order valence-corrected chi connectivity index (χ1v) is 15.8. The molecule has 2 aliphatic heterocycles. The molecule has 10 nitrogen and oxygen atoms in total. The van der Waals surface area contributed by atoms with Crippen molar-refractivity contribution < 1.29 is 49.0 Å². The van der Waals surface area contributed by atoms with Crippen LogP contribution in [0, 0.1) is 34.0 Å². The van der Waals surface area contributed by atoms with Crippen molar-refractivity contribution in [3.63, 3.8) is 0 Å². The molecule has 236 valence electrons. The van der Waals surface area contributed by atoms with Crippen LogP contribution in [0.25, 0.3) is 0 Å². The van der Waals surface area contributed by atoms with Crippen LogP contribution in [0.1, 0.15) is 86.0 Å². The summed E-state index contributed by atoms with van der Waals surface area (Å²) in [5.74, 6) is -0.726. The zero-order chi connectivity index (χ0) is 30.4. The second-order valence-electron chi connectivity index (χ2n) is 14.9. The molecule has 6 rings (SSSR count). The van der Waals surface area contributed by atoms with Crippen molar-refractivity contribution in [3.05, 3.63) is 11.6 Å². The summed E-state index contributed by atoms with van der Waals surface area (Å²) < 4.78 is 23.1. The van der Waals surface area contributed by atoms with E-state index >= 15 is 0 Å². The van der Waals surface area contributed by atoms with Crippen LogP contribution in [0.3, 0.4) is 0 Å². The lowest BCUT2D eigenvalue weighted by Gasteiger charge is -2.69. The molecule has 0 spiro atoms. The van der Waals surface area contributed by atoms with Crippen LogP contribution in [0.2, 0.25) is 0 Å². The van der Waals surface area contributed by atoms with Crippen molar-refractivity contribution in [2.45, 2.75) is 135 Å². The van der Waals surface area contributed by atoms with Gasteiger partial charge >= 0.3 is 11.9 Å². The van der Waals surface area contributed by atoms with Crippen LogP contribution in [0.5, 0.6) is 0 Å². The van der Waals surface area contributed by atoms with Gasteiger partial charge in [0.1, 0.15) is 31.0 Å². The van der Waals surface area contributed by atoms with Gasteiger partial charge in [-0.15, -0.1) is 0 Å². The van der Waals surface area contributed by atoms with E-state index in [9.17, 15) is 30.0 Å². The molecule has 4 saturated carbocycles. The Morgan fingerprint density at radius 1 is 0.976 bits per heavy atom. The predicted octanol–water partition coefficient (Wildman–Crippen LogP) is 2.39. The van der Waals surface area contributed by atoms with Gasteiger partial charge in [-0.2, -0.15) is 0 Å². The Labute approximate surface area is 247 Å². The number of hydrogen-bond donors (Lipinski definition) is 4. The van der Waals surface area contributed by atoms with Crippen molar-refractivity contribution in [2.75, 3.05) is 6.61 Å². The average molecular weight is 593 g/mol. The number of aliphatic hydroxyl groups is 4. The zero-order valence-corrected chi connectivity index (χ0v) is 25.5. The van der Waals surface area contributed by atoms with Crippen molar-refractivity contribution in [1.82, 2.24) is 0 Å². The first kappa shape index (κ1) is 30.5. The Bertz CT molecular complexity index is 1140. The predicted molar refractivity (Wildman–Crippen MR) is 149 cm³/mol. The maximum Gasteiger partial charge on any atom is 0.331 e. The Balaban J connectivity index is 1.24. The highest BCUT2D eigenvalue weighted by atomic mass is 16.7. The van der Waals surface area contributed by atoms with Crippen molar-refractivity contribution >= 4 is 11.9 Å². The minimum Gasteiger partial charge on any atom is -0.462 e. The van der Waals surface area contributed by atoms with E-state index in [-0.39, 0.29) is 47.3 Å². The molecule has 6 aliphatic rings. The Hall–Kier alpha value is -1.56. The standard InChI is InChI=1S/C32H48O10/c1-16-25(35)26(36)27(37)28(40-16)42-20-8-9-29(3)19(13-20)6-7-22-30(29,4)10-11-31(5)24(18-12-23(34)39-15-18)21(41-17(2)33)14-32(22,31)38/h12,16,19-22,24-28,35-38H,6-11,13-15H2,1-5H3. The first-order chi connectivity index (χ1) is 19.6. The highest BCUT2D eigenvalue weighted by Gasteiger charge is 2.74. The van der Waals surface area contributed by atoms with E-state index in [2.05, 4.69) is 20.8 Å². The van der Waals surface area contributed by atoms with Crippen molar-refractivity contribution in [2.24, 2.45) is 34.0 Å². The number of aliphatic hydroxyl groups excluding tert-OH is 3. The van der Waals surface area contributed by atoms with Gasteiger partial charge < -0.3 is 39.4 Å². The van der Waals surface area contributed by atoms with Gasteiger partial charge in [0.2, 0.25) is 0 Å². The third kappa shape index (κ3) is 4.26. The van der Waals surface area contributed by atoms with Crippen LogP contribution in [-0.4, -0.2) is 87.5 Å². The van der Waals surface area contributed by atoms with Crippen molar-refractivity contribution in [3.8, 4) is 0 Å². The van der Waals surface area contributed by atoms with Gasteiger partial charge in [0.15, 0.2) is 6.29 Å². The quantitative estimate of drug-likeness (QED) is 0.283. The fourth-order valence-corrected chi connectivity index (χ4v) is 10.6. The number of rotatable bonds is 4. The second-order valence-corrected chi connectivity index (χ2v) is 14.9. The smallest absolute Gasteiger partial charge is 0.331 e. The van der Waals surface area contributed by atoms with Crippen molar-refractivity contribution in [1.29, 1.82) is 0 Å². The molecule has 42 heavy (non-hydrogen) atoms. The molecule has 10 heteroatoms. The molecule has 5 fully saturated rings. The molecule has 0 aromatic rings. The SMILES string of the molecule is CC(=O)OC1CC2(O)C3CCC4CC(OC5OC(C)C(O)C(O)C5O)CCC4(C)C3(C)CCC2(C)C1C1=CC(=O)OC1. The van der Waals surface area contributed by atoms with Crippen LogP contribution < -0.4 is 0 Å². The lowest BCUT2D eigenvalue weighted by Crippen LogP contribution is -2.67. The van der Waals surface area contributed by atoms with Gasteiger partial charge in [-0.25, -0.2) is 4.79 Å². The fourth-order valence-electron chi connectivity index (χ4n) is 10.6. The van der Waals surface area contributed by atoms with E-state index in [1.807, 2.05) is 0 Å². The molecule has 14 atom stereocenters. The Morgan fingerprint density at radius 2 is 1.69 bits per heavy atom. The van der Waals surface area contributed by atoms with Gasteiger partial charge in [0, 0.05) is 30.8 Å². The van der Waals surface area contributed by atoms with Gasteiger partial charge in [-0.05, 0) is 80.1 Å². The van der Waals surface area contributed by atoms with Crippen LogP contribution in [-0.2, 0) is 28.5 Å². The third-order valence-corrected chi connectivity index (χ3v) is 13.1. The van der Waals surface area contributed by atoms with Gasteiger partial charge in [-0.1, -0.05) is 20.8 Å². The highest BCUT2D eigenvalue weighted by Crippen LogP contribution is 2.74. The number of ether oxygens (including phenoxy) is 4. The average Bonchev–Trinajstić information content (AvgIpc) is 3.43. The van der Waals surface area contributed by atoms with Gasteiger partial charge in [0.25, 0.3) is 0 Å². The summed E-state index contributed by atoms with van der Waals surface area (Å²) in [5, 5.41) is 43.7. The monoisotopic (exact) mass is 592 g/mol. The molecule has 4 N–H and O–H groups in total. The molecule has 0 amide bonds. The summed E-state index contributed by atoms with van der Waals surface area (Å²) in [5.41, 5.74) is -1.08. The molecule has 2 heterocycles. The van der Waals surface area contributed by atoms with Crippen LogP contribution >= 0.6 is 0 Å².